The fourth-order valence-electron chi connectivity index (χ4n) is 2.05. The smallest absolute Gasteiger partial charge is 0.241 e. The van der Waals surface area contributed by atoms with E-state index < -0.39 is 10.0 Å². The third kappa shape index (κ3) is 3.59. The quantitative estimate of drug-likeness (QED) is 0.921. The summed E-state index contributed by atoms with van der Waals surface area (Å²) in [6.07, 6.45) is 3.30. The zero-order valence-corrected chi connectivity index (χ0v) is 13.0. The van der Waals surface area contributed by atoms with Crippen LogP contribution < -0.4 is 9.46 Å². The van der Waals surface area contributed by atoms with E-state index in [0.717, 1.165) is 5.56 Å². The lowest BCUT2D eigenvalue weighted by atomic mass is 10.2. The van der Waals surface area contributed by atoms with Gasteiger partial charge >= 0.3 is 0 Å². The fourth-order valence-corrected chi connectivity index (χ4v) is 3.51. The summed E-state index contributed by atoms with van der Waals surface area (Å²) in [5.41, 5.74) is 1.45. The average molecular weight is 306 g/mol. The molecule has 0 fully saturated rings. The molecule has 0 bridgehead atoms. The summed E-state index contributed by atoms with van der Waals surface area (Å²) in [7, 11) is -2.05. The van der Waals surface area contributed by atoms with Crippen molar-refractivity contribution in [2.45, 2.75) is 24.8 Å². The molecule has 0 aliphatic carbocycles. The monoisotopic (exact) mass is 306 g/mol. The first kappa shape index (κ1) is 15.5. The zero-order valence-electron chi connectivity index (χ0n) is 12.2. The number of benzene rings is 1. The first-order chi connectivity index (χ1) is 9.94. The number of pyridine rings is 1. The maximum atomic E-state index is 12.5. The summed E-state index contributed by atoms with van der Waals surface area (Å²) < 4.78 is 32.7. The largest absolute Gasteiger partial charge is 0.497 e. The zero-order chi connectivity index (χ0) is 15.5. The van der Waals surface area contributed by atoms with Crippen LogP contribution in [0, 0.1) is 6.92 Å². The Morgan fingerprint density at radius 2 is 2.05 bits per heavy atom. The lowest BCUT2D eigenvalue weighted by molar-refractivity contribution is 0.414. The Balaban J connectivity index is 2.26. The molecule has 1 N–H and O–H groups in total. The molecule has 1 unspecified atom stereocenters. The van der Waals surface area contributed by atoms with E-state index >= 15 is 0 Å². The summed E-state index contributed by atoms with van der Waals surface area (Å²) in [5.74, 6) is 0.631. The van der Waals surface area contributed by atoms with Crippen LogP contribution >= 0.6 is 0 Å². The third-order valence-electron chi connectivity index (χ3n) is 3.19. The molecular formula is C15H18N2O3S. The van der Waals surface area contributed by atoms with Crippen LogP contribution in [0.25, 0.3) is 0 Å². The number of aryl methyl sites for hydroxylation is 1. The predicted molar refractivity (Wildman–Crippen MR) is 80.7 cm³/mol. The van der Waals surface area contributed by atoms with Crippen LogP contribution in [0.2, 0.25) is 0 Å². The highest BCUT2D eigenvalue weighted by molar-refractivity contribution is 7.89. The molecule has 2 aromatic rings. The van der Waals surface area contributed by atoms with Crippen molar-refractivity contribution in [2.75, 3.05) is 7.11 Å². The minimum Gasteiger partial charge on any atom is -0.497 e. The van der Waals surface area contributed by atoms with Crippen LogP contribution in [0.15, 0.2) is 47.6 Å². The number of rotatable bonds is 5. The molecule has 1 aromatic heterocycles. The molecule has 112 valence electrons. The Morgan fingerprint density at radius 1 is 1.29 bits per heavy atom. The molecule has 5 nitrogen and oxygen atoms in total. The van der Waals surface area contributed by atoms with Crippen LogP contribution in [-0.4, -0.2) is 20.5 Å². The van der Waals surface area contributed by atoms with Gasteiger partial charge in [0.1, 0.15) is 5.75 Å². The van der Waals surface area contributed by atoms with Gasteiger partial charge in [-0.3, -0.25) is 4.98 Å². The second kappa shape index (κ2) is 6.24. The molecule has 0 aliphatic rings. The van der Waals surface area contributed by atoms with Gasteiger partial charge in [-0.1, -0.05) is 6.07 Å². The van der Waals surface area contributed by atoms with Crippen molar-refractivity contribution >= 4 is 10.0 Å². The molecule has 1 heterocycles. The lowest BCUT2D eigenvalue weighted by Crippen LogP contribution is -2.27. The van der Waals surface area contributed by atoms with Crippen molar-refractivity contribution in [3.8, 4) is 5.75 Å². The topological polar surface area (TPSA) is 68.3 Å². The first-order valence-electron chi connectivity index (χ1n) is 6.51. The number of nitrogens with zero attached hydrogens (tertiary/aromatic N) is 1. The lowest BCUT2D eigenvalue weighted by Gasteiger charge is -2.16. The van der Waals surface area contributed by atoms with E-state index in [0.29, 0.717) is 11.3 Å². The number of aromatic nitrogens is 1. The van der Waals surface area contributed by atoms with E-state index in [1.165, 1.54) is 0 Å². The Labute approximate surface area is 125 Å². The molecule has 0 aliphatic heterocycles. The van der Waals surface area contributed by atoms with Crippen LogP contribution in [0.4, 0.5) is 0 Å². The number of hydrogen-bond acceptors (Lipinski definition) is 4. The predicted octanol–water partition coefficient (Wildman–Crippen LogP) is 2.44. The normalized spacial score (nSPS) is 12.9. The Hall–Kier alpha value is -1.92. The van der Waals surface area contributed by atoms with E-state index in [1.54, 1.807) is 57.6 Å². The molecule has 0 amide bonds. The van der Waals surface area contributed by atoms with Crippen molar-refractivity contribution < 1.29 is 13.2 Å². The third-order valence-corrected chi connectivity index (χ3v) is 4.89. The van der Waals surface area contributed by atoms with Crippen LogP contribution in [-0.2, 0) is 10.0 Å². The van der Waals surface area contributed by atoms with Crippen LogP contribution in [0.5, 0.6) is 5.75 Å². The van der Waals surface area contributed by atoms with E-state index in [1.807, 2.05) is 6.07 Å². The van der Waals surface area contributed by atoms with Crippen molar-refractivity contribution in [3.05, 3.63) is 53.9 Å². The Morgan fingerprint density at radius 3 is 2.62 bits per heavy atom. The number of sulfonamides is 1. The summed E-state index contributed by atoms with van der Waals surface area (Å²) in [6.45, 7) is 3.53. The Kier molecular flexibility index (Phi) is 4.59. The van der Waals surface area contributed by atoms with E-state index in [-0.39, 0.29) is 10.9 Å². The van der Waals surface area contributed by atoms with Gasteiger partial charge in [0, 0.05) is 18.4 Å². The molecule has 2 rings (SSSR count). The molecule has 21 heavy (non-hydrogen) atoms. The van der Waals surface area contributed by atoms with Gasteiger partial charge < -0.3 is 4.74 Å². The standard InChI is InChI=1S/C15H18N2O3S/c1-11-9-14(20-3)6-7-15(11)21(18,19)17-12(2)13-5-4-8-16-10-13/h4-10,12,17H,1-3H3. The summed E-state index contributed by atoms with van der Waals surface area (Å²) in [4.78, 5) is 4.25. The molecule has 0 saturated carbocycles. The van der Waals surface area contributed by atoms with Crippen LogP contribution in [0.1, 0.15) is 24.1 Å². The SMILES string of the molecule is COc1ccc(S(=O)(=O)NC(C)c2cccnc2)c(C)c1. The molecule has 0 spiro atoms. The van der Waals surface area contributed by atoms with Gasteiger partial charge in [0.2, 0.25) is 10.0 Å². The molecule has 1 atom stereocenters. The number of ether oxygens (including phenoxy) is 1. The Bertz CT molecular complexity index is 715. The van der Waals surface area contributed by atoms with Crippen molar-refractivity contribution in [1.29, 1.82) is 0 Å². The van der Waals surface area contributed by atoms with Gasteiger partial charge in [-0.25, -0.2) is 13.1 Å². The summed E-state index contributed by atoms with van der Waals surface area (Å²) >= 11 is 0. The van der Waals surface area contributed by atoms with E-state index in [2.05, 4.69) is 9.71 Å². The van der Waals surface area contributed by atoms with Gasteiger partial charge in [0.15, 0.2) is 0 Å². The molecule has 1 aromatic carbocycles. The molecule has 0 saturated heterocycles. The summed E-state index contributed by atoms with van der Waals surface area (Å²) in [6, 6.07) is 8.14. The number of hydrogen-bond donors (Lipinski definition) is 1. The van der Waals surface area contributed by atoms with E-state index in [4.69, 9.17) is 4.74 Å². The molecular weight excluding hydrogens is 288 g/mol. The highest BCUT2D eigenvalue weighted by atomic mass is 32.2. The van der Waals surface area contributed by atoms with E-state index in [9.17, 15) is 8.42 Å². The summed E-state index contributed by atoms with van der Waals surface area (Å²) in [5, 5.41) is 0. The van der Waals surface area contributed by atoms with Crippen molar-refractivity contribution in [1.82, 2.24) is 9.71 Å². The first-order valence-corrected chi connectivity index (χ1v) is 7.99. The molecule has 0 radical (unpaired) electrons. The van der Waals surface area contributed by atoms with Gasteiger partial charge in [0.05, 0.1) is 12.0 Å². The average Bonchev–Trinajstić information content (AvgIpc) is 2.47. The highest BCUT2D eigenvalue weighted by Gasteiger charge is 2.20. The maximum Gasteiger partial charge on any atom is 0.241 e. The minimum atomic E-state index is -3.60. The van der Waals surface area contributed by atoms with Gasteiger partial charge in [-0.05, 0) is 49.2 Å². The van der Waals surface area contributed by atoms with Crippen molar-refractivity contribution in [2.24, 2.45) is 0 Å². The highest BCUT2D eigenvalue weighted by Crippen LogP contribution is 2.22. The molecule has 6 heteroatoms. The van der Waals surface area contributed by atoms with Gasteiger partial charge in [-0.2, -0.15) is 0 Å². The second-order valence-corrected chi connectivity index (χ2v) is 6.44. The second-order valence-electron chi connectivity index (χ2n) is 4.76. The van der Waals surface area contributed by atoms with Crippen molar-refractivity contribution in [3.63, 3.8) is 0 Å². The van der Waals surface area contributed by atoms with Gasteiger partial charge in [0.25, 0.3) is 0 Å². The fraction of sp³-hybridized carbons (Fsp3) is 0.267. The number of nitrogens with one attached hydrogen (secondary N) is 1. The number of methoxy groups -OCH3 is 1. The maximum absolute atomic E-state index is 12.5. The van der Waals surface area contributed by atoms with Gasteiger partial charge in [-0.15, -0.1) is 0 Å². The van der Waals surface area contributed by atoms with Crippen LogP contribution in [0.3, 0.4) is 0 Å². The minimum absolute atomic E-state index is 0.249.